The fraction of sp³-hybridized carbons (Fsp3) is 0.222. The van der Waals surface area contributed by atoms with Gasteiger partial charge in [-0.3, -0.25) is 4.57 Å². The molecule has 0 bridgehead atoms. The fourth-order valence-electron chi connectivity index (χ4n) is 1.40. The number of anilines is 1. The SMILES string of the molecule is Cc1cc(N)c2oc(=O)n(C)c2c1. The number of benzene rings is 1. The molecular weight excluding hydrogens is 168 g/mol. The summed E-state index contributed by atoms with van der Waals surface area (Å²) in [5.74, 6) is -0.382. The minimum atomic E-state index is -0.382. The van der Waals surface area contributed by atoms with Crippen molar-refractivity contribution in [3.8, 4) is 0 Å². The van der Waals surface area contributed by atoms with Crippen molar-refractivity contribution in [2.45, 2.75) is 6.92 Å². The summed E-state index contributed by atoms with van der Waals surface area (Å²) < 4.78 is 6.41. The van der Waals surface area contributed by atoms with Crippen molar-refractivity contribution < 1.29 is 4.42 Å². The molecule has 2 N–H and O–H groups in total. The average Bonchev–Trinajstić information content (AvgIpc) is 2.32. The lowest BCUT2D eigenvalue weighted by Crippen LogP contribution is -2.08. The summed E-state index contributed by atoms with van der Waals surface area (Å²) in [7, 11) is 1.66. The zero-order chi connectivity index (χ0) is 9.59. The number of rotatable bonds is 0. The van der Waals surface area contributed by atoms with Gasteiger partial charge in [-0.25, -0.2) is 4.79 Å². The molecule has 0 amide bonds. The molecule has 0 aliphatic carbocycles. The van der Waals surface area contributed by atoms with Gasteiger partial charge >= 0.3 is 5.76 Å². The topological polar surface area (TPSA) is 61.2 Å². The van der Waals surface area contributed by atoms with Crippen LogP contribution in [0.25, 0.3) is 11.1 Å². The highest BCUT2D eigenvalue weighted by molar-refractivity contribution is 5.85. The van der Waals surface area contributed by atoms with Gasteiger partial charge in [-0.05, 0) is 24.6 Å². The molecule has 2 aromatic rings. The number of hydrogen-bond donors (Lipinski definition) is 1. The fourth-order valence-corrected chi connectivity index (χ4v) is 1.40. The zero-order valence-corrected chi connectivity index (χ0v) is 7.50. The van der Waals surface area contributed by atoms with Gasteiger partial charge in [-0.1, -0.05) is 0 Å². The molecule has 0 atom stereocenters. The Morgan fingerprint density at radius 1 is 1.46 bits per heavy atom. The maximum atomic E-state index is 11.1. The Kier molecular flexibility index (Phi) is 1.45. The van der Waals surface area contributed by atoms with Gasteiger partial charge < -0.3 is 10.2 Å². The van der Waals surface area contributed by atoms with E-state index in [0.29, 0.717) is 11.3 Å². The molecule has 0 radical (unpaired) electrons. The number of aryl methyl sites for hydroxylation is 2. The van der Waals surface area contributed by atoms with Crippen LogP contribution in [0.1, 0.15) is 5.56 Å². The Morgan fingerprint density at radius 2 is 2.15 bits per heavy atom. The lowest BCUT2D eigenvalue weighted by atomic mass is 10.2. The lowest BCUT2D eigenvalue weighted by Gasteiger charge is -1.97. The lowest BCUT2D eigenvalue weighted by molar-refractivity contribution is 0.529. The van der Waals surface area contributed by atoms with Gasteiger partial charge in [0.05, 0.1) is 11.2 Å². The largest absolute Gasteiger partial charge is 0.419 e. The molecular formula is C9H10N2O2. The second-order valence-electron chi connectivity index (χ2n) is 3.13. The quantitative estimate of drug-likeness (QED) is 0.613. The number of hydrogen-bond acceptors (Lipinski definition) is 3. The van der Waals surface area contributed by atoms with Crippen molar-refractivity contribution in [2.24, 2.45) is 7.05 Å². The van der Waals surface area contributed by atoms with Crippen LogP contribution in [0, 0.1) is 6.92 Å². The van der Waals surface area contributed by atoms with Crippen molar-refractivity contribution in [2.75, 3.05) is 5.73 Å². The second-order valence-corrected chi connectivity index (χ2v) is 3.13. The molecule has 2 rings (SSSR count). The molecule has 0 fully saturated rings. The molecule has 0 aliphatic rings. The van der Waals surface area contributed by atoms with Crippen LogP contribution in [-0.4, -0.2) is 4.57 Å². The number of nitrogens with two attached hydrogens (primary N) is 1. The highest BCUT2D eigenvalue weighted by atomic mass is 16.4. The predicted molar refractivity (Wildman–Crippen MR) is 50.6 cm³/mol. The van der Waals surface area contributed by atoms with Crippen LogP contribution in [0.3, 0.4) is 0 Å². The third-order valence-corrected chi connectivity index (χ3v) is 2.07. The summed E-state index contributed by atoms with van der Waals surface area (Å²) in [6.07, 6.45) is 0. The summed E-state index contributed by atoms with van der Waals surface area (Å²) in [6, 6.07) is 3.65. The molecule has 0 saturated carbocycles. The van der Waals surface area contributed by atoms with Gasteiger partial charge in [0.15, 0.2) is 5.58 Å². The Bertz CT molecular complexity index is 522. The van der Waals surface area contributed by atoms with E-state index in [4.69, 9.17) is 10.2 Å². The molecule has 4 nitrogen and oxygen atoms in total. The van der Waals surface area contributed by atoms with Gasteiger partial charge in [-0.15, -0.1) is 0 Å². The molecule has 0 aliphatic heterocycles. The average molecular weight is 178 g/mol. The normalized spacial score (nSPS) is 10.9. The predicted octanol–water partition coefficient (Wildman–Crippen LogP) is 1.02. The van der Waals surface area contributed by atoms with E-state index in [-0.39, 0.29) is 5.76 Å². The summed E-state index contributed by atoms with van der Waals surface area (Å²) >= 11 is 0. The van der Waals surface area contributed by atoms with Gasteiger partial charge in [-0.2, -0.15) is 0 Å². The molecule has 0 spiro atoms. The van der Waals surface area contributed by atoms with Crippen LogP contribution < -0.4 is 11.5 Å². The minimum absolute atomic E-state index is 0.382. The van der Waals surface area contributed by atoms with Crippen LogP contribution in [0.15, 0.2) is 21.3 Å². The standard InChI is InChI=1S/C9H10N2O2/c1-5-3-6(10)8-7(4-5)11(2)9(12)13-8/h3-4H,10H2,1-2H3. The Hall–Kier alpha value is -1.71. The molecule has 0 unspecified atom stereocenters. The van der Waals surface area contributed by atoms with Gasteiger partial charge in [0.2, 0.25) is 0 Å². The summed E-state index contributed by atoms with van der Waals surface area (Å²) in [5, 5.41) is 0. The first-order valence-electron chi connectivity index (χ1n) is 3.95. The summed E-state index contributed by atoms with van der Waals surface area (Å²) in [5.41, 5.74) is 8.42. The van der Waals surface area contributed by atoms with E-state index in [9.17, 15) is 4.79 Å². The van der Waals surface area contributed by atoms with Crippen molar-refractivity contribution in [3.05, 3.63) is 28.2 Å². The number of nitrogens with zero attached hydrogens (tertiary/aromatic N) is 1. The van der Waals surface area contributed by atoms with Crippen molar-refractivity contribution in [3.63, 3.8) is 0 Å². The second kappa shape index (κ2) is 2.39. The highest BCUT2D eigenvalue weighted by Crippen LogP contribution is 2.21. The maximum absolute atomic E-state index is 11.1. The highest BCUT2D eigenvalue weighted by Gasteiger charge is 2.08. The molecule has 1 heterocycles. The van der Waals surface area contributed by atoms with Crippen LogP contribution in [0.4, 0.5) is 5.69 Å². The Balaban J connectivity index is 3.03. The van der Waals surface area contributed by atoms with Crippen LogP contribution >= 0.6 is 0 Å². The number of fused-ring (bicyclic) bond motifs is 1. The van der Waals surface area contributed by atoms with E-state index in [2.05, 4.69) is 0 Å². The third-order valence-electron chi connectivity index (χ3n) is 2.07. The van der Waals surface area contributed by atoms with Crippen molar-refractivity contribution in [1.82, 2.24) is 4.57 Å². The first-order chi connectivity index (χ1) is 6.09. The van der Waals surface area contributed by atoms with Gasteiger partial charge in [0.1, 0.15) is 0 Å². The van der Waals surface area contributed by atoms with Crippen LogP contribution in [0.5, 0.6) is 0 Å². The summed E-state index contributed by atoms with van der Waals surface area (Å²) in [4.78, 5) is 11.1. The van der Waals surface area contributed by atoms with Crippen molar-refractivity contribution in [1.29, 1.82) is 0 Å². The monoisotopic (exact) mass is 178 g/mol. The van der Waals surface area contributed by atoms with Crippen LogP contribution in [-0.2, 0) is 7.05 Å². The summed E-state index contributed by atoms with van der Waals surface area (Å²) in [6.45, 7) is 1.92. The minimum Gasteiger partial charge on any atom is -0.405 e. The van der Waals surface area contributed by atoms with Crippen LogP contribution in [0.2, 0.25) is 0 Å². The maximum Gasteiger partial charge on any atom is 0.419 e. The molecule has 13 heavy (non-hydrogen) atoms. The number of oxazole rings is 1. The molecule has 1 aromatic carbocycles. The Labute approximate surface area is 74.6 Å². The molecule has 1 aromatic heterocycles. The number of aromatic nitrogens is 1. The van der Waals surface area contributed by atoms with E-state index in [0.717, 1.165) is 11.1 Å². The van der Waals surface area contributed by atoms with E-state index in [1.807, 2.05) is 13.0 Å². The number of nitrogen functional groups attached to an aromatic ring is 1. The van der Waals surface area contributed by atoms with E-state index in [1.54, 1.807) is 13.1 Å². The van der Waals surface area contributed by atoms with E-state index in [1.165, 1.54) is 4.57 Å². The van der Waals surface area contributed by atoms with Gasteiger partial charge in [0, 0.05) is 7.05 Å². The molecule has 4 heteroatoms. The van der Waals surface area contributed by atoms with Gasteiger partial charge in [0.25, 0.3) is 0 Å². The zero-order valence-electron chi connectivity index (χ0n) is 7.50. The van der Waals surface area contributed by atoms with E-state index >= 15 is 0 Å². The first-order valence-corrected chi connectivity index (χ1v) is 3.95. The Morgan fingerprint density at radius 3 is 2.85 bits per heavy atom. The first kappa shape index (κ1) is 7.91. The van der Waals surface area contributed by atoms with Crippen molar-refractivity contribution >= 4 is 16.8 Å². The third kappa shape index (κ3) is 1.02. The molecule has 68 valence electrons. The molecule has 0 saturated heterocycles. The van der Waals surface area contributed by atoms with E-state index < -0.39 is 0 Å². The smallest absolute Gasteiger partial charge is 0.405 e.